The van der Waals surface area contributed by atoms with Crippen molar-refractivity contribution in [2.45, 2.75) is 64.1 Å². The molecule has 9 heteroatoms. The van der Waals surface area contributed by atoms with Crippen LogP contribution >= 0.6 is 0 Å². The molecule has 2 aromatic rings. The largest absolute Gasteiger partial charge is 0.392 e. The van der Waals surface area contributed by atoms with Crippen LogP contribution in [0.3, 0.4) is 0 Å². The van der Waals surface area contributed by atoms with Crippen LogP contribution in [0.25, 0.3) is 0 Å². The van der Waals surface area contributed by atoms with Crippen LogP contribution in [0.2, 0.25) is 0 Å². The first-order valence-electron chi connectivity index (χ1n) is 13.4. The second-order valence-corrected chi connectivity index (χ2v) is 10.9. The lowest BCUT2D eigenvalue weighted by Gasteiger charge is -2.43. The van der Waals surface area contributed by atoms with Crippen LogP contribution in [0, 0.1) is 10.8 Å². The number of benzene rings is 2. The maximum Gasteiger partial charge on any atom is 0.245 e. The molecule has 0 spiro atoms. The minimum absolute atomic E-state index is 0.0450. The summed E-state index contributed by atoms with van der Waals surface area (Å²) in [6.07, 6.45) is 2.22. The fraction of sp³-hybridized carbons (Fsp3) is 0.467. The van der Waals surface area contributed by atoms with Gasteiger partial charge >= 0.3 is 0 Å². The Hall–Kier alpha value is -3.56. The van der Waals surface area contributed by atoms with E-state index in [4.69, 9.17) is 11.1 Å². The molecular formula is C30H41N5O4. The van der Waals surface area contributed by atoms with E-state index in [9.17, 15) is 19.5 Å². The molecule has 0 aliphatic carbocycles. The summed E-state index contributed by atoms with van der Waals surface area (Å²) in [5.74, 6) is -1.03. The van der Waals surface area contributed by atoms with E-state index in [0.717, 1.165) is 16.7 Å². The fourth-order valence-corrected chi connectivity index (χ4v) is 5.03. The lowest BCUT2D eigenvalue weighted by molar-refractivity contribution is -0.141. The molecule has 9 nitrogen and oxygen atoms in total. The molecule has 1 fully saturated rings. The van der Waals surface area contributed by atoms with Crippen LogP contribution in [0.5, 0.6) is 0 Å². The van der Waals surface area contributed by atoms with Crippen molar-refractivity contribution in [2.75, 3.05) is 20.1 Å². The number of aliphatic hydroxyl groups is 1. The first-order valence-corrected chi connectivity index (χ1v) is 13.4. The normalized spacial score (nSPS) is 18.4. The highest BCUT2D eigenvalue weighted by Gasteiger charge is 2.48. The van der Waals surface area contributed by atoms with Gasteiger partial charge in [0.1, 0.15) is 11.5 Å². The van der Waals surface area contributed by atoms with Crippen LogP contribution in [0.1, 0.15) is 49.8 Å². The van der Waals surface area contributed by atoms with Gasteiger partial charge in [0.25, 0.3) is 0 Å². The summed E-state index contributed by atoms with van der Waals surface area (Å²) in [5.41, 5.74) is 6.70. The average Bonchev–Trinajstić information content (AvgIpc) is 2.93. The Morgan fingerprint density at radius 3 is 2.41 bits per heavy atom. The van der Waals surface area contributed by atoms with Crippen molar-refractivity contribution in [2.24, 2.45) is 11.1 Å². The number of nitrogens with zero attached hydrogens (tertiary/aromatic N) is 1. The number of rotatable bonds is 11. The highest BCUT2D eigenvalue weighted by molar-refractivity contribution is 6.09. The van der Waals surface area contributed by atoms with Crippen molar-refractivity contribution in [3.05, 3.63) is 71.3 Å². The van der Waals surface area contributed by atoms with Crippen LogP contribution in [-0.4, -0.2) is 65.2 Å². The lowest BCUT2D eigenvalue weighted by atomic mass is 9.72. The molecule has 1 aliphatic rings. The van der Waals surface area contributed by atoms with E-state index in [1.165, 1.54) is 0 Å². The van der Waals surface area contributed by atoms with Gasteiger partial charge < -0.3 is 31.8 Å². The smallest absolute Gasteiger partial charge is 0.245 e. The minimum Gasteiger partial charge on any atom is -0.392 e. The minimum atomic E-state index is -1.20. The number of aliphatic hydroxyl groups excluding tert-OH is 1. The summed E-state index contributed by atoms with van der Waals surface area (Å²) in [4.78, 5) is 41.6. The van der Waals surface area contributed by atoms with Gasteiger partial charge in [-0.05, 0) is 56.2 Å². The van der Waals surface area contributed by atoms with Gasteiger partial charge in [-0.15, -0.1) is 0 Å². The van der Waals surface area contributed by atoms with Gasteiger partial charge in [-0.25, -0.2) is 0 Å². The standard InChI is InChI=1S/C30H41N5O4/c1-29(2,32)27(38)34-24(14-8-12-21-11-7-13-23(17-21)19-36)26(37)35-16-15-25(31)30(20-35,28(39)33-3)18-22-9-5-4-6-10-22/h4-7,9-11,13,17,24,31,36H,8,12,14-16,18-20,32H2,1-3H3,(H,33,39)(H,34,38)/t24-,30+/m1/s1. The summed E-state index contributed by atoms with van der Waals surface area (Å²) < 4.78 is 0. The summed E-state index contributed by atoms with van der Waals surface area (Å²) in [6.45, 7) is 3.47. The summed E-state index contributed by atoms with van der Waals surface area (Å²) >= 11 is 0. The Morgan fingerprint density at radius 1 is 1.10 bits per heavy atom. The zero-order chi connectivity index (χ0) is 28.6. The number of piperidine rings is 1. The monoisotopic (exact) mass is 535 g/mol. The Balaban J connectivity index is 1.83. The van der Waals surface area contributed by atoms with Gasteiger partial charge in [0.15, 0.2) is 0 Å². The molecule has 0 bridgehead atoms. The molecule has 2 atom stereocenters. The summed E-state index contributed by atoms with van der Waals surface area (Å²) in [6, 6.07) is 16.3. The third-order valence-electron chi connectivity index (χ3n) is 7.31. The van der Waals surface area contributed by atoms with Crippen LogP contribution in [0.15, 0.2) is 54.6 Å². The first-order chi connectivity index (χ1) is 18.5. The predicted octanol–water partition coefficient (Wildman–Crippen LogP) is 1.95. The van der Waals surface area contributed by atoms with E-state index in [1.807, 2.05) is 54.6 Å². The van der Waals surface area contributed by atoms with Crippen molar-refractivity contribution in [1.82, 2.24) is 15.5 Å². The number of likely N-dealkylation sites (tertiary alicyclic amines) is 1. The number of hydrogen-bond acceptors (Lipinski definition) is 6. The van der Waals surface area contributed by atoms with Gasteiger partial charge in [0.05, 0.1) is 12.1 Å². The Kier molecular flexibility index (Phi) is 9.99. The number of carbonyl (C=O) groups is 3. The maximum absolute atomic E-state index is 13.9. The fourth-order valence-electron chi connectivity index (χ4n) is 5.03. The van der Waals surface area contributed by atoms with Crippen molar-refractivity contribution >= 4 is 23.4 Å². The molecule has 6 N–H and O–H groups in total. The van der Waals surface area contributed by atoms with Crippen molar-refractivity contribution in [3.63, 3.8) is 0 Å². The number of aryl methyl sites for hydroxylation is 1. The Bertz CT molecular complexity index is 1170. The SMILES string of the molecule is CNC(=O)[C@@]1(Cc2ccccc2)CN(C(=O)[C@@H](CCCc2cccc(CO)c2)NC(=O)C(C)(C)N)CCC1=N. The molecule has 1 heterocycles. The molecule has 210 valence electrons. The van der Waals surface area contributed by atoms with E-state index < -0.39 is 22.9 Å². The van der Waals surface area contributed by atoms with Crippen molar-refractivity contribution < 1.29 is 19.5 Å². The molecule has 1 aliphatic heterocycles. The predicted molar refractivity (Wildman–Crippen MR) is 151 cm³/mol. The molecule has 2 aromatic carbocycles. The van der Waals surface area contributed by atoms with Gasteiger partial charge in [-0.1, -0.05) is 54.6 Å². The Morgan fingerprint density at radius 2 is 1.77 bits per heavy atom. The highest BCUT2D eigenvalue weighted by atomic mass is 16.3. The van der Waals surface area contributed by atoms with Crippen LogP contribution < -0.4 is 16.4 Å². The number of amides is 3. The molecule has 0 saturated carbocycles. The molecule has 1 saturated heterocycles. The summed E-state index contributed by atoms with van der Waals surface area (Å²) in [7, 11) is 1.54. The number of carbonyl (C=O) groups excluding carboxylic acids is 3. The van der Waals surface area contributed by atoms with Crippen molar-refractivity contribution in [3.8, 4) is 0 Å². The van der Waals surface area contributed by atoms with Gasteiger partial charge in [-0.2, -0.15) is 0 Å². The first kappa shape index (κ1) is 30.0. The number of nitrogens with two attached hydrogens (primary N) is 1. The number of hydrogen-bond donors (Lipinski definition) is 5. The second kappa shape index (κ2) is 13.0. The second-order valence-electron chi connectivity index (χ2n) is 10.9. The molecule has 0 unspecified atom stereocenters. The van der Waals surface area contributed by atoms with E-state index >= 15 is 0 Å². The number of nitrogens with one attached hydrogen (secondary N) is 3. The third kappa shape index (κ3) is 7.52. The molecule has 0 radical (unpaired) electrons. The van der Waals surface area contributed by atoms with Crippen LogP contribution in [0.4, 0.5) is 0 Å². The van der Waals surface area contributed by atoms with Crippen molar-refractivity contribution in [1.29, 1.82) is 5.41 Å². The molecule has 0 aromatic heterocycles. The molecule has 3 amide bonds. The van der Waals surface area contributed by atoms with Gasteiger partial charge in [0, 0.05) is 32.3 Å². The molecule has 3 rings (SSSR count). The quantitative estimate of drug-likeness (QED) is 0.298. The topological polar surface area (TPSA) is 149 Å². The third-order valence-corrected chi connectivity index (χ3v) is 7.31. The maximum atomic E-state index is 13.9. The lowest BCUT2D eigenvalue weighted by Crippen LogP contribution is -2.62. The van der Waals surface area contributed by atoms with E-state index in [-0.39, 0.29) is 31.4 Å². The van der Waals surface area contributed by atoms with E-state index in [2.05, 4.69) is 10.6 Å². The van der Waals surface area contributed by atoms with Gasteiger partial charge in [-0.3, -0.25) is 14.4 Å². The van der Waals surface area contributed by atoms with E-state index in [0.29, 0.717) is 37.9 Å². The van der Waals surface area contributed by atoms with Gasteiger partial charge in [0.2, 0.25) is 17.7 Å². The zero-order valence-corrected chi connectivity index (χ0v) is 23.1. The highest BCUT2D eigenvalue weighted by Crippen LogP contribution is 2.32. The Labute approximate surface area is 230 Å². The summed E-state index contributed by atoms with van der Waals surface area (Å²) in [5, 5.41) is 23.7. The van der Waals surface area contributed by atoms with Crippen LogP contribution in [-0.2, 0) is 33.8 Å². The van der Waals surface area contributed by atoms with E-state index in [1.54, 1.807) is 25.8 Å². The molecule has 39 heavy (non-hydrogen) atoms. The molecular weight excluding hydrogens is 494 g/mol. The average molecular weight is 536 g/mol. The zero-order valence-electron chi connectivity index (χ0n) is 23.1.